The summed E-state index contributed by atoms with van der Waals surface area (Å²) in [6.07, 6.45) is 0. The van der Waals surface area contributed by atoms with Gasteiger partial charge in [0.15, 0.2) is 0 Å². The summed E-state index contributed by atoms with van der Waals surface area (Å²) in [5, 5.41) is 6.72. The minimum Gasteiger partial charge on any atom is -0.497 e. The first kappa shape index (κ1) is 31.0. The highest BCUT2D eigenvalue weighted by molar-refractivity contribution is 7.51. The summed E-state index contributed by atoms with van der Waals surface area (Å²) in [7, 11) is -1.79. The minimum atomic E-state index is -3.46. The van der Waals surface area contributed by atoms with Crippen molar-refractivity contribution >= 4 is 7.75 Å². The van der Waals surface area contributed by atoms with Crippen LogP contribution >= 0.6 is 7.75 Å². The fourth-order valence-corrected chi connectivity index (χ4v) is 6.27. The Kier molecular flexibility index (Phi) is 11.3. The molecule has 0 radical (unpaired) electrons. The van der Waals surface area contributed by atoms with Crippen LogP contribution in [-0.2, 0) is 23.9 Å². The smallest absolute Gasteiger partial charge is 0.406 e. The molecule has 2 N–H and O–H groups in total. The van der Waals surface area contributed by atoms with Crippen LogP contribution in [0, 0.1) is 0 Å². The van der Waals surface area contributed by atoms with E-state index in [4.69, 9.17) is 18.5 Å². The van der Waals surface area contributed by atoms with Crippen molar-refractivity contribution in [2.45, 2.75) is 51.8 Å². The van der Waals surface area contributed by atoms with Crippen molar-refractivity contribution in [2.75, 3.05) is 33.5 Å². The number of ether oxygens (including phenoxy) is 2. The Bertz CT molecular complexity index is 1130. The molecule has 0 heterocycles. The minimum absolute atomic E-state index is 0.0506. The third kappa shape index (κ3) is 9.00. The molecule has 0 bridgehead atoms. The van der Waals surface area contributed by atoms with Crippen LogP contribution in [0.5, 0.6) is 5.75 Å². The van der Waals surface area contributed by atoms with E-state index in [0.717, 1.165) is 22.4 Å². The summed E-state index contributed by atoms with van der Waals surface area (Å²) < 4.78 is 35.8. The van der Waals surface area contributed by atoms with Crippen LogP contribution in [0.2, 0.25) is 0 Å². The topological polar surface area (TPSA) is 78.0 Å². The van der Waals surface area contributed by atoms with Gasteiger partial charge in [0.2, 0.25) is 0 Å². The molecule has 0 fully saturated rings. The first-order valence-electron chi connectivity index (χ1n) is 13.4. The van der Waals surface area contributed by atoms with Gasteiger partial charge in [0.05, 0.1) is 38.1 Å². The predicted octanol–water partition coefficient (Wildman–Crippen LogP) is 6.53. The van der Waals surface area contributed by atoms with Crippen LogP contribution < -0.4 is 15.1 Å². The molecule has 8 heteroatoms. The molecule has 1 atom stereocenters. The van der Waals surface area contributed by atoms with Crippen molar-refractivity contribution in [3.8, 4) is 5.75 Å². The number of rotatable bonds is 15. The molecule has 0 aliphatic rings. The zero-order chi connectivity index (χ0) is 28.4. The molecule has 1 unspecified atom stereocenters. The molecule has 39 heavy (non-hydrogen) atoms. The van der Waals surface area contributed by atoms with Gasteiger partial charge in [-0.15, -0.1) is 0 Å². The van der Waals surface area contributed by atoms with Crippen LogP contribution in [0.4, 0.5) is 0 Å². The second-order valence-corrected chi connectivity index (χ2v) is 12.3. The Morgan fingerprint density at radius 2 is 1.31 bits per heavy atom. The molecule has 0 spiro atoms. The average molecular weight is 555 g/mol. The predicted molar refractivity (Wildman–Crippen MR) is 157 cm³/mol. The highest BCUT2D eigenvalue weighted by Gasteiger charge is 2.36. The molecule has 0 amide bonds. The maximum absolute atomic E-state index is 13.1. The van der Waals surface area contributed by atoms with Gasteiger partial charge in [-0.1, -0.05) is 72.8 Å². The lowest BCUT2D eigenvalue weighted by atomic mass is 9.77. The normalized spacial score (nSPS) is 13.8. The van der Waals surface area contributed by atoms with Crippen LogP contribution in [0.25, 0.3) is 0 Å². The number of hydrogen-bond donors (Lipinski definition) is 2. The quantitative estimate of drug-likeness (QED) is 0.126. The summed E-state index contributed by atoms with van der Waals surface area (Å²) >= 11 is 0. The van der Waals surface area contributed by atoms with Crippen LogP contribution in [0.3, 0.4) is 0 Å². The molecule has 3 aromatic carbocycles. The van der Waals surface area contributed by atoms with E-state index in [9.17, 15) is 4.57 Å². The standard InChI is InChI=1S/C31H43N2O5P/c1-25(2)33-39(34,38-30(3,4)5)37-24-23-36-22-21-32-31(26-13-9-7-10-14-26,27-15-11-8-12-16-27)28-17-19-29(35-6)20-18-28/h7-20,25,32H,21-24H2,1-6H3,(H,33,34). The molecular weight excluding hydrogens is 511 g/mol. The highest BCUT2D eigenvalue weighted by atomic mass is 31.2. The molecular formula is C31H43N2O5P. The van der Waals surface area contributed by atoms with Gasteiger partial charge >= 0.3 is 7.75 Å². The second kappa shape index (κ2) is 14.2. The van der Waals surface area contributed by atoms with E-state index in [-0.39, 0.29) is 19.3 Å². The van der Waals surface area contributed by atoms with Crippen LogP contribution in [0.15, 0.2) is 84.9 Å². The maximum Gasteiger partial charge on any atom is 0.406 e. The van der Waals surface area contributed by atoms with Gasteiger partial charge in [-0.05, 0) is 63.4 Å². The van der Waals surface area contributed by atoms with Gasteiger partial charge in [-0.2, -0.15) is 0 Å². The summed E-state index contributed by atoms with van der Waals surface area (Å²) in [6.45, 7) is 10.8. The monoisotopic (exact) mass is 554 g/mol. The zero-order valence-corrected chi connectivity index (χ0v) is 24.9. The molecule has 7 nitrogen and oxygen atoms in total. The SMILES string of the molecule is COc1ccc(C(NCCOCCOP(=O)(NC(C)C)OC(C)(C)C)(c2ccccc2)c2ccccc2)cc1. The number of hydrogen-bond acceptors (Lipinski definition) is 6. The van der Waals surface area contributed by atoms with E-state index in [0.29, 0.717) is 13.2 Å². The van der Waals surface area contributed by atoms with E-state index in [1.165, 1.54) is 0 Å². The average Bonchev–Trinajstić information content (AvgIpc) is 2.90. The van der Waals surface area contributed by atoms with Gasteiger partial charge < -0.3 is 9.47 Å². The van der Waals surface area contributed by atoms with Crippen molar-refractivity contribution in [3.05, 3.63) is 102 Å². The van der Waals surface area contributed by atoms with Crippen molar-refractivity contribution in [1.29, 1.82) is 0 Å². The van der Waals surface area contributed by atoms with E-state index in [1.807, 2.05) is 58.9 Å². The third-order valence-electron chi connectivity index (χ3n) is 5.87. The van der Waals surface area contributed by atoms with Gasteiger partial charge in [-0.3, -0.25) is 14.4 Å². The highest BCUT2D eigenvalue weighted by Crippen LogP contribution is 2.47. The maximum atomic E-state index is 13.1. The first-order chi connectivity index (χ1) is 18.6. The van der Waals surface area contributed by atoms with E-state index < -0.39 is 18.9 Å². The molecule has 0 aromatic heterocycles. The van der Waals surface area contributed by atoms with Crippen molar-refractivity contribution in [2.24, 2.45) is 0 Å². The lowest BCUT2D eigenvalue weighted by Crippen LogP contribution is -2.46. The largest absolute Gasteiger partial charge is 0.497 e. The zero-order valence-electron chi connectivity index (χ0n) is 24.0. The Hall–Kier alpha value is -2.51. The third-order valence-corrected chi connectivity index (χ3v) is 8.02. The summed E-state index contributed by atoms with van der Waals surface area (Å²) in [4.78, 5) is 0. The van der Waals surface area contributed by atoms with Crippen molar-refractivity contribution in [3.63, 3.8) is 0 Å². The van der Waals surface area contributed by atoms with E-state index in [1.54, 1.807) is 7.11 Å². The number of methoxy groups -OCH3 is 1. The van der Waals surface area contributed by atoms with Crippen LogP contribution in [0.1, 0.15) is 51.3 Å². The molecule has 0 saturated heterocycles. The van der Waals surface area contributed by atoms with E-state index >= 15 is 0 Å². The first-order valence-corrected chi connectivity index (χ1v) is 14.9. The fraction of sp³-hybridized carbons (Fsp3) is 0.419. The second-order valence-electron chi connectivity index (χ2n) is 10.6. The van der Waals surface area contributed by atoms with Gasteiger partial charge in [0.1, 0.15) is 5.75 Å². The van der Waals surface area contributed by atoms with Crippen molar-refractivity contribution in [1.82, 2.24) is 10.4 Å². The summed E-state index contributed by atoms with van der Waals surface area (Å²) in [6, 6.07) is 28.9. The van der Waals surface area contributed by atoms with Gasteiger partial charge in [0, 0.05) is 12.6 Å². The molecule has 3 rings (SSSR count). The number of benzene rings is 3. The Balaban J connectivity index is 1.72. The Labute approximate surface area is 233 Å². The molecule has 212 valence electrons. The Morgan fingerprint density at radius 1 is 0.769 bits per heavy atom. The Morgan fingerprint density at radius 3 is 1.79 bits per heavy atom. The lowest BCUT2D eigenvalue weighted by Gasteiger charge is -2.37. The van der Waals surface area contributed by atoms with Crippen molar-refractivity contribution < 1.29 is 23.1 Å². The molecule has 3 aromatic rings. The summed E-state index contributed by atoms with van der Waals surface area (Å²) in [5.74, 6) is 0.803. The lowest BCUT2D eigenvalue weighted by molar-refractivity contribution is 0.0607. The number of nitrogens with one attached hydrogen (secondary N) is 2. The van der Waals surface area contributed by atoms with E-state index in [2.05, 4.69) is 71.1 Å². The fourth-order valence-electron chi connectivity index (χ4n) is 4.42. The molecule has 0 aliphatic carbocycles. The van der Waals surface area contributed by atoms with Gasteiger partial charge in [-0.25, -0.2) is 9.65 Å². The molecule has 0 aliphatic heterocycles. The summed E-state index contributed by atoms with van der Waals surface area (Å²) in [5.41, 5.74) is 2.10. The van der Waals surface area contributed by atoms with Crippen LogP contribution in [-0.4, -0.2) is 45.1 Å². The van der Waals surface area contributed by atoms with Gasteiger partial charge in [0.25, 0.3) is 0 Å². The molecule has 0 saturated carbocycles.